The molecule has 0 radical (unpaired) electrons. The number of aliphatic hydroxyl groups excluding tert-OH is 1. The summed E-state index contributed by atoms with van der Waals surface area (Å²) in [6.45, 7) is 4.24. The zero-order valence-electron chi connectivity index (χ0n) is 10.2. The molecule has 1 unspecified atom stereocenters. The van der Waals surface area contributed by atoms with Crippen molar-refractivity contribution in [2.45, 2.75) is 32.8 Å². The van der Waals surface area contributed by atoms with E-state index in [1.54, 1.807) is 6.07 Å². The molecule has 0 aliphatic heterocycles. The molecule has 0 aliphatic rings. The Balaban J connectivity index is 2.61. The second-order valence-electron chi connectivity index (χ2n) is 4.09. The predicted octanol–water partition coefficient (Wildman–Crippen LogP) is 2.65. The number of hydrogen-bond acceptors (Lipinski definition) is 2. The van der Waals surface area contributed by atoms with Gasteiger partial charge >= 0.3 is 0 Å². The topological polar surface area (TPSA) is 49.3 Å². The van der Waals surface area contributed by atoms with Crippen LogP contribution in [0.1, 0.15) is 35.7 Å². The summed E-state index contributed by atoms with van der Waals surface area (Å²) >= 11 is 3.40. The van der Waals surface area contributed by atoms with Gasteiger partial charge in [-0.3, -0.25) is 4.79 Å². The number of carbonyl (C=O) groups is 1. The Morgan fingerprint density at radius 3 is 2.88 bits per heavy atom. The van der Waals surface area contributed by atoms with Crippen LogP contribution in [0.2, 0.25) is 0 Å². The van der Waals surface area contributed by atoms with Gasteiger partial charge in [0.25, 0.3) is 5.91 Å². The molecule has 0 bridgehead atoms. The zero-order valence-corrected chi connectivity index (χ0v) is 11.8. The third-order valence-corrected chi connectivity index (χ3v) is 3.61. The third kappa shape index (κ3) is 4.13. The molecule has 0 saturated heterocycles. The average Bonchev–Trinajstić information content (AvgIpc) is 2.30. The molecule has 1 aromatic rings. The molecule has 0 fully saturated rings. The Hall–Kier alpha value is -0.870. The first-order valence-electron chi connectivity index (χ1n) is 5.77. The summed E-state index contributed by atoms with van der Waals surface area (Å²) in [4.78, 5) is 11.9. The molecule has 17 heavy (non-hydrogen) atoms. The van der Waals surface area contributed by atoms with E-state index >= 15 is 0 Å². The zero-order chi connectivity index (χ0) is 12.8. The lowest BCUT2D eigenvalue weighted by molar-refractivity contribution is 0.0909. The van der Waals surface area contributed by atoms with E-state index in [1.165, 1.54) is 0 Å². The number of aryl methyl sites for hydroxylation is 1. The minimum atomic E-state index is -0.465. The minimum absolute atomic E-state index is 0.157. The van der Waals surface area contributed by atoms with Crippen LogP contribution >= 0.6 is 15.9 Å². The molecule has 1 rings (SSSR count). The van der Waals surface area contributed by atoms with Crippen LogP contribution in [0.5, 0.6) is 0 Å². The van der Waals surface area contributed by atoms with Gasteiger partial charge in [0.15, 0.2) is 0 Å². The maximum absolute atomic E-state index is 11.9. The van der Waals surface area contributed by atoms with Gasteiger partial charge < -0.3 is 10.4 Å². The van der Waals surface area contributed by atoms with Gasteiger partial charge in [-0.25, -0.2) is 0 Å². The van der Waals surface area contributed by atoms with Crippen LogP contribution < -0.4 is 5.32 Å². The van der Waals surface area contributed by atoms with Crippen LogP contribution in [0.15, 0.2) is 22.7 Å². The Labute approximate surface area is 110 Å². The van der Waals surface area contributed by atoms with E-state index in [1.807, 2.05) is 26.0 Å². The number of carbonyl (C=O) groups excluding carboxylic acids is 1. The summed E-state index contributed by atoms with van der Waals surface area (Å²) in [6.07, 6.45) is 1.15. The summed E-state index contributed by atoms with van der Waals surface area (Å²) in [5.41, 5.74) is 1.63. The second-order valence-corrected chi connectivity index (χ2v) is 4.88. The smallest absolute Gasteiger partial charge is 0.252 e. The van der Waals surface area contributed by atoms with Crippen LogP contribution in [-0.4, -0.2) is 23.7 Å². The van der Waals surface area contributed by atoms with Crippen LogP contribution in [0.4, 0.5) is 0 Å². The molecule has 0 saturated carbocycles. The van der Waals surface area contributed by atoms with E-state index in [2.05, 4.69) is 21.2 Å². The van der Waals surface area contributed by atoms with E-state index in [4.69, 9.17) is 0 Å². The number of rotatable bonds is 5. The van der Waals surface area contributed by atoms with E-state index in [9.17, 15) is 9.90 Å². The lowest BCUT2D eigenvalue weighted by Crippen LogP contribution is -2.32. The highest BCUT2D eigenvalue weighted by Crippen LogP contribution is 2.20. The Morgan fingerprint density at radius 1 is 1.53 bits per heavy atom. The van der Waals surface area contributed by atoms with E-state index in [0.29, 0.717) is 18.5 Å². The van der Waals surface area contributed by atoms with Crippen molar-refractivity contribution in [1.82, 2.24) is 5.32 Å². The van der Waals surface area contributed by atoms with Crippen molar-refractivity contribution in [3.05, 3.63) is 33.8 Å². The van der Waals surface area contributed by atoms with E-state index in [0.717, 1.165) is 16.5 Å². The summed E-state index contributed by atoms with van der Waals surface area (Å²) in [5, 5.41) is 12.3. The molecule has 1 amide bonds. The van der Waals surface area contributed by atoms with Crippen molar-refractivity contribution in [3.63, 3.8) is 0 Å². The monoisotopic (exact) mass is 299 g/mol. The Morgan fingerprint density at radius 2 is 2.24 bits per heavy atom. The molecular weight excluding hydrogens is 282 g/mol. The fourth-order valence-electron chi connectivity index (χ4n) is 1.56. The largest absolute Gasteiger partial charge is 0.391 e. The lowest BCUT2D eigenvalue weighted by Gasteiger charge is -2.12. The molecule has 2 N–H and O–H groups in total. The van der Waals surface area contributed by atoms with Crippen molar-refractivity contribution in [2.24, 2.45) is 0 Å². The molecule has 3 nitrogen and oxygen atoms in total. The van der Waals surface area contributed by atoms with E-state index < -0.39 is 6.10 Å². The molecule has 0 heterocycles. The summed E-state index contributed by atoms with van der Waals surface area (Å²) < 4.78 is 0.808. The number of hydrogen-bond donors (Lipinski definition) is 2. The molecule has 1 aromatic carbocycles. The van der Waals surface area contributed by atoms with Crippen LogP contribution in [-0.2, 0) is 0 Å². The molecule has 0 aliphatic carbocycles. The number of halogens is 1. The highest BCUT2D eigenvalue weighted by Gasteiger charge is 2.12. The number of nitrogens with one attached hydrogen (secondary N) is 1. The van der Waals surface area contributed by atoms with Crippen molar-refractivity contribution < 1.29 is 9.90 Å². The van der Waals surface area contributed by atoms with Gasteiger partial charge in [-0.15, -0.1) is 0 Å². The van der Waals surface area contributed by atoms with Crippen molar-refractivity contribution in [2.75, 3.05) is 6.54 Å². The van der Waals surface area contributed by atoms with Gasteiger partial charge in [-0.2, -0.15) is 0 Å². The first-order valence-corrected chi connectivity index (χ1v) is 6.57. The lowest BCUT2D eigenvalue weighted by atomic mass is 10.1. The Bertz CT molecular complexity index is 393. The Kier molecular flexibility index (Phi) is 5.65. The van der Waals surface area contributed by atoms with Crippen molar-refractivity contribution in [1.29, 1.82) is 0 Å². The number of benzene rings is 1. The summed E-state index contributed by atoms with van der Waals surface area (Å²) in [7, 11) is 0. The van der Waals surface area contributed by atoms with Crippen LogP contribution in [0.25, 0.3) is 0 Å². The fourth-order valence-corrected chi connectivity index (χ4v) is 2.01. The van der Waals surface area contributed by atoms with E-state index in [-0.39, 0.29) is 5.91 Å². The van der Waals surface area contributed by atoms with Gasteiger partial charge in [-0.05, 0) is 40.9 Å². The number of amides is 1. The molecule has 0 aromatic heterocycles. The summed E-state index contributed by atoms with van der Waals surface area (Å²) in [5.74, 6) is -0.157. The molecule has 94 valence electrons. The van der Waals surface area contributed by atoms with Gasteiger partial charge in [0.1, 0.15) is 0 Å². The highest BCUT2D eigenvalue weighted by molar-refractivity contribution is 9.10. The minimum Gasteiger partial charge on any atom is -0.391 e. The van der Waals surface area contributed by atoms with Crippen LogP contribution in [0, 0.1) is 6.92 Å². The van der Waals surface area contributed by atoms with Crippen molar-refractivity contribution >= 4 is 21.8 Å². The van der Waals surface area contributed by atoms with Crippen LogP contribution in [0.3, 0.4) is 0 Å². The quantitative estimate of drug-likeness (QED) is 0.878. The summed E-state index contributed by atoms with van der Waals surface area (Å²) in [6, 6.07) is 5.54. The molecular formula is C13H18BrNO2. The normalized spacial score (nSPS) is 12.2. The molecule has 0 spiro atoms. The van der Waals surface area contributed by atoms with Gasteiger partial charge in [0, 0.05) is 11.0 Å². The maximum atomic E-state index is 11.9. The SMILES string of the molecule is CCCC(O)CNC(=O)c1cccc(C)c1Br. The first kappa shape index (κ1) is 14.2. The maximum Gasteiger partial charge on any atom is 0.252 e. The third-order valence-electron chi connectivity index (χ3n) is 2.56. The standard InChI is InChI=1S/C13H18BrNO2/c1-3-5-10(16)8-15-13(17)11-7-4-6-9(2)12(11)14/h4,6-7,10,16H,3,5,8H2,1-2H3,(H,15,17). The van der Waals surface area contributed by atoms with Gasteiger partial charge in [0.2, 0.25) is 0 Å². The van der Waals surface area contributed by atoms with Gasteiger partial charge in [-0.1, -0.05) is 25.5 Å². The van der Waals surface area contributed by atoms with Gasteiger partial charge in [0.05, 0.1) is 11.7 Å². The molecule has 4 heteroatoms. The first-order chi connectivity index (χ1) is 8.06. The average molecular weight is 300 g/mol. The fraction of sp³-hybridized carbons (Fsp3) is 0.462. The van der Waals surface area contributed by atoms with Crippen molar-refractivity contribution in [3.8, 4) is 0 Å². The molecule has 1 atom stereocenters. The highest BCUT2D eigenvalue weighted by atomic mass is 79.9. The predicted molar refractivity (Wildman–Crippen MR) is 72.1 cm³/mol. The number of aliphatic hydroxyl groups is 1. The second kappa shape index (κ2) is 6.77.